The second kappa shape index (κ2) is 6.91. The van der Waals surface area contributed by atoms with E-state index in [0.29, 0.717) is 5.82 Å². The fraction of sp³-hybridized carbons (Fsp3) is 0.214. The van der Waals surface area contributed by atoms with Gasteiger partial charge in [0.2, 0.25) is 0 Å². The second-order valence-corrected chi connectivity index (χ2v) is 4.89. The molecule has 0 fully saturated rings. The van der Waals surface area contributed by atoms with Crippen LogP contribution in [0.5, 0.6) is 0 Å². The zero-order chi connectivity index (χ0) is 14.4. The summed E-state index contributed by atoms with van der Waals surface area (Å²) in [5.74, 6) is 0.327. The van der Waals surface area contributed by atoms with Gasteiger partial charge in [0.25, 0.3) is 5.91 Å². The van der Waals surface area contributed by atoms with Crippen LogP contribution >= 0.6 is 11.8 Å². The van der Waals surface area contributed by atoms with Gasteiger partial charge in [-0.3, -0.25) is 9.78 Å². The Balaban J connectivity index is 2.12. The van der Waals surface area contributed by atoms with Crippen LogP contribution in [0.3, 0.4) is 0 Å². The van der Waals surface area contributed by atoms with Crippen molar-refractivity contribution in [3.8, 4) is 0 Å². The van der Waals surface area contributed by atoms with E-state index in [0.717, 1.165) is 17.1 Å². The maximum absolute atomic E-state index is 12.1. The van der Waals surface area contributed by atoms with E-state index in [2.05, 4.69) is 20.6 Å². The fourth-order valence-corrected chi connectivity index (χ4v) is 2.10. The predicted molar refractivity (Wildman–Crippen MR) is 82.4 cm³/mol. The highest BCUT2D eigenvalue weighted by Crippen LogP contribution is 2.19. The molecule has 5 nitrogen and oxygen atoms in total. The van der Waals surface area contributed by atoms with Crippen LogP contribution in [-0.2, 0) is 0 Å². The number of benzene rings is 1. The van der Waals surface area contributed by atoms with Crippen molar-refractivity contribution >= 4 is 29.2 Å². The summed E-state index contributed by atoms with van der Waals surface area (Å²) in [6, 6.07) is 7.66. The van der Waals surface area contributed by atoms with Crippen molar-refractivity contribution in [2.45, 2.75) is 11.8 Å². The van der Waals surface area contributed by atoms with Gasteiger partial charge in [0.1, 0.15) is 11.5 Å². The molecule has 0 saturated heterocycles. The molecular formula is C14H16N4OS. The number of hydrogen-bond acceptors (Lipinski definition) is 5. The van der Waals surface area contributed by atoms with Crippen molar-refractivity contribution in [1.29, 1.82) is 0 Å². The zero-order valence-corrected chi connectivity index (χ0v) is 12.2. The molecule has 0 bridgehead atoms. The van der Waals surface area contributed by atoms with Crippen molar-refractivity contribution in [1.82, 2.24) is 9.97 Å². The molecule has 1 aromatic carbocycles. The average molecular weight is 288 g/mol. The Bertz CT molecular complexity index is 603. The van der Waals surface area contributed by atoms with Crippen LogP contribution in [0.15, 0.2) is 41.6 Å². The van der Waals surface area contributed by atoms with Gasteiger partial charge in [-0.15, -0.1) is 11.8 Å². The summed E-state index contributed by atoms with van der Waals surface area (Å²) in [5.41, 5.74) is 1.04. The summed E-state index contributed by atoms with van der Waals surface area (Å²) < 4.78 is 0. The Hall–Kier alpha value is -2.08. The van der Waals surface area contributed by atoms with E-state index in [4.69, 9.17) is 0 Å². The zero-order valence-electron chi connectivity index (χ0n) is 11.4. The molecule has 0 aliphatic heterocycles. The number of aromatic nitrogens is 2. The van der Waals surface area contributed by atoms with E-state index < -0.39 is 0 Å². The lowest BCUT2D eigenvalue weighted by molar-refractivity contribution is 0.102. The highest BCUT2D eigenvalue weighted by molar-refractivity contribution is 7.98. The number of carbonyl (C=O) groups excluding carboxylic acids is 1. The van der Waals surface area contributed by atoms with Crippen molar-refractivity contribution in [2.75, 3.05) is 23.4 Å². The largest absolute Gasteiger partial charge is 0.369 e. The normalized spacial score (nSPS) is 10.1. The van der Waals surface area contributed by atoms with Gasteiger partial charge >= 0.3 is 0 Å². The van der Waals surface area contributed by atoms with Crippen molar-refractivity contribution in [3.63, 3.8) is 0 Å². The van der Waals surface area contributed by atoms with Gasteiger partial charge in [-0.1, -0.05) is 6.07 Å². The van der Waals surface area contributed by atoms with Gasteiger partial charge in [0.05, 0.1) is 12.4 Å². The number of thioether (sulfide) groups is 1. The summed E-state index contributed by atoms with van der Waals surface area (Å²) in [7, 11) is 0. The molecule has 2 aromatic rings. The van der Waals surface area contributed by atoms with Gasteiger partial charge in [-0.25, -0.2) is 4.98 Å². The molecule has 0 aliphatic carbocycles. The number of nitrogens with one attached hydrogen (secondary N) is 2. The summed E-state index contributed by atoms with van der Waals surface area (Å²) >= 11 is 1.63. The summed E-state index contributed by atoms with van der Waals surface area (Å²) in [5, 5.41) is 5.85. The number of nitrogens with zero attached hydrogens (tertiary/aromatic N) is 2. The number of rotatable bonds is 5. The Kier molecular flexibility index (Phi) is 4.95. The lowest BCUT2D eigenvalue weighted by Gasteiger charge is -2.07. The average Bonchev–Trinajstić information content (AvgIpc) is 2.48. The van der Waals surface area contributed by atoms with Gasteiger partial charge < -0.3 is 10.6 Å². The van der Waals surface area contributed by atoms with Crippen molar-refractivity contribution in [3.05, 3.63) is 42.4 Å². The summed E-state index contributed by atoms with van der Waals surface area (Å²) in [6.07, 6.45) is 5.04. The molecule has 20 heavy (non-hydrogen) atoms. The molecule has 2 rings (SSSR count). The van der Waals surface area contributed by atoms with Crippen LogP contribution in [0.25, 0.3) is 0 Å². The summed E-state index contributed by atoms with van der Waals surface area (Å²) in [4.78, 5) is 21.4. The van der Waals surface area contributed by atoms with E-state index >= 15 is 0 Å². The number of amides is 1. The minimum Gasteiger partial charge on any atom is -0.369 e. The predicted octanol–water partition coefficient (Wildman–Crippen LogP) is 2.88. The van der Waals surface area contributed by atoms with E-state index in [9.17, 15) is 4.79 Å². The third-order valence-corrected chi connectivity index (χ3v) is 3.28. The van der Waals surface area contributed by atoms with Crippen LogP contribution in [0, 0.1) is 0 Å². The van der Waals surface area contributed by atoms with Gasteiger partial charge in [0.15, 0.2) is 0 Å². The molecule has 0 atom stereocenters. The van der Waals surface area contributed by atoms with Crippen LogP contribution in [0.2, 0.25) is 0 Å². The lowest BCUT2D eigenvalue weighted by atomic mass is 10.3. The maximum atomic E-state index is 12.1. The first-order chi connectivity index (χ1) is 9.72. The van der Waals surface area contributed by atoms with E-state index in [1.54, 1.807) is 18.0 Å². The molecule has 1 heterocycles. The van der Waals surface area contributed by atoms with Crippen LogP contribution in [-0.4, -0.2) is 28.7 Å². The van der Waals surface area contributed by atoms with Crippen LogP contribution in [0.4, 0.5) is 11.5 Å². The molecule has 0 aliphatic rings. The third-order valence-electron chi connectivity index (χ3n) is 2.55. The quantitative estimate of drug-likeness (QED) is 0.828. The standard InChI is InChI=1S/C14H16N4OS/c1-3-16-13-9-15-8-12(18-13)14(19)17-10-5-4-6-11(7-10)20-2/h4-9H,3H2,1-2H3,(H,16,18)(H,17,19). The Morgan fingerprint density at radius 3 is 2.95 bits per heavy atom. The van der Waals surface area contributed by atoms with Crippen LogP contribution in [0.1, 0.15) is 17.4 Å². The molecule has 0 unspecified atom stereocenters. The Morgan fingerprint density at radius 1 is 1.35 bits per heavy atom. The summed E-state index contributed by atoms with van der Waals surface area (Å²) in [6.45, 7) is 2.69. The topological polar surface area (TPSA) is 66.9 Å². The minimum absolute atomic E-state index is 0.268. The Labute approximate surface area is 122 Å². The molecule has 1 amide bonds. The van der Waals surface area contributed by atoms with E-state index in [1.807, 2.05) is 37.4 Å². The maximum Gasteiger partial charge on any atom is 0.275 e. The Morgan fingerprint density at radius 2 is 2.20 bits per heavy atom. The molecule has 0 saturated carbocycles. The first-order valence-electron chi connectivity index (χ1n) is 6.24. The fourth-order valence-electron chi connectivity index (χ4n) is 1.64. The second-order valence-electron chi connectivity index (χ2n) is 4.01. The molecule has 0 spiro atoms. The van der Waals surface area contributed by atoms with Crippen molar-refractivity contribution < 1.29 is 4.79 Å². The van der Waals surface area contributed by atoms with Gasteiger partial charge in [0, 0.05) is 17.1 Å². The molecule has 104 valence electrons. The number of carbonyl (C=O) groups is 1. The minimum atomic E-state index is -0.268. The van der Waals surface area contributed by atoms with Gasteiger partial charge in [-0.05, 0) is 31.4 Å². The highest BCUT2D eigenvalue weighted by atomic mass is 32.2. The lowest BCUT2D eigenvalue weighted by Crippen LogP contribution is -2.15. The van der Waals surface area contributed by atoms with Crippen LogP contribution < -0.4 is 10.6 Å². The van der Waals surface area contributed by atoms with Gasteiger partial charge in [-0.2, -0.15) is 0 Å². The molecule has 1 aromatic heterocycles. The smallest absolute Gasteiger partial charge is 0.275 e. The molecular weight excluding hydrogens is 272 g/mol. The first kappa shape index (κ1) is 14.3. The molecule has 6 heteroatoms. The SMILES string of the molecule is CCNc1cncc(C(=O)Nc2cccc(SC)c2)n1. The molecule has 0 radical (unpaired) electrons. The third kappa shape index (κ3) is 3.71. The monoisotopic (exact) mass is 288 g/mol. The van der Waals surface area contributed by atoms with E-state index in [-0.39, 0.29) is 11.6 Å². The first-order valence-corrected chi connectivity index (χ1v) is 7.46. The number of anilines is 2. The number of hydrogen-bond donors (Lipinski definition) is 2. The van der Waals surface area contributed by atoms with Crippen molar-refractivity contribution in [2.24, 2.45) is 0 Å². The van der Waals surface area contributed by atoms with E-state index in [1.165, 1.54) is 6.20 Å². The highest BCUT2D eigenvalue weighted by Gasteiger charge is 2.09. The molecule has 2 N–H and O–H groups in total.